The number of carbonyl (C=O) groups is 2. The van der Waals surface area contributed by atoms with Gasteiger partial charge in [-0.3, -0.25) is 9.59 Å². The number of hydrogen-bond acceptors (Lipinski definition) is 4. The van der Waals surface area contributed by atoms with Gasteiger partial charge in [-0.2, -0.15) is 0 Å². The minimum Gasteiger partial charge on any atom is -0.484 e. The maximum Gasteiger partial charge on any atom is 0.258 e. The molecule has 138 valence electrons. The molecule has 1 aliphatic heterocycles. The molecular formula is C18H26ClN3O3. The molecule has 25 heavy (non-hydrogen) atoms. The number of carbonyl (C=O) groups excluding carboxylic acids is 2. The van der Waals surface area contributed by atoms with Gasteiger partial charge in [0.1, 0.15) is 5.75 Å². The highest BCUT2D eigenvalue weighted by Crippen LogP contribution is 2.25. The van der Waals surface area contributed by atoms with E-state index in [0.29, 0.717) is 12.2 Å². The van der Waals surface area contributed by atoms with E-state index in [0.717, 1.165) is 44.3 Å². The normalized spacial score (nSPS) is 23.1. The number of amides is 2. The molecule has 0 bridgehead atoms. The Morgan fingerprint density at radius 2 is 2.04 bits per heavy atom. The van der Waals surface area contributed by atoms with Gasteiger partial charge in [0.2, 0.25) is 5.91 Å². The highest BCUT2D eigenvalue weighted by molar-refractivity contribution is 5.95. The molecule has 1 heterocycles. The number of anilines is 1. The third-order valence-electron chi connectivity index (χ3n) is 4.71. The van der Waals surface area contributed by atoms with Crippen molar-refractivity contribution in [3.63, 3.8) is 0 Å². The summed E-state index contributed by atoms with van der Waals surface area (Å²) >= 11 is 0. The van der Waals surface area contributed by atoms with Crippen LogP contribution in [0.2, 0.25) is 0 Å². The summed E-state index contributed by atoms with van der Waals surface area (Å²) in [6.45, 7) is 0.729. The molecule has 1 aliphatic carbocycles. The molecule has 1 saturated heterocycles. The van der Waals surface area contributed by atoms with Gasteiger partial charge >= 0.3 is 0 Å². The van der Waals surface area contributed by atoms with Crippen molar-refractivity contribution >= 4 is 29.9 Å². The zero-order valence-corrected chi connectivity index (χ0v) is 15.1. The van der Waals surface area contributed by atoms with Crippen molar-refractivity contribution in [2.45, 2.75) is 50.6 Å². The van der Waals surface area contributed by atoms with Gasteiger partial charge in [-0.05, 0) is 44.2 Å². The Hall–Kier alpha value is -1.79. The lowest BCUT2D eigenvalue weighted by Crippen LogP contribution is -2.42. The zero-order valence-electron chi connectivity index (χ0n) is 14.3. The van der Waals surface area contributed by atoms with Crippen molar-refractivity contribution in [1.82, 2.24) is 5.32 Å². The molecule has 0 atom stereocenters. The maximum absolute atomic E-state index is 12.0. The van der Waals surface area contributed by atoms with Gasteiger partial charge in [0.05, 0.1) is 0 Å². The van der Waals surface area contributed by atoms with E-state index in [1.807, 2.05) is 18.2 Å². The van der Waals surface area contributed by atoms with Crippen molar-refractivity contribution in [1.29, 1.82) is 0 Å². The first-order valence-electron chi connectivity index (χ1n) is 8.70. The van der Waals surface area contributed by atoms with Crippen LogP contribution in [0.4, 0.5) is 5.69 Å². The quantitative estimate of drug-likeness (QED) is 0.833. The maximum atomic E-state index is 12.0. The Labute approximate surface area is 154 Å². The lowest BCUT2D eigenvalue weighted by atomic mass is 9.92. The summed E-state index contributed by atoms with van der Waals surface area (Å²) in [5.41, 5.74) is 6.70. The van der Waals surface area contributed by atoms with Crippen molar-refractivity contribution in [3.8, 4) is 5.75 Å². The number of benzene rings is 1. The molecular weight excluding hydrogens is 342 g/mol. The van der Waals surface area contributed by atoms with Crippen LogP contribution in [0.25, 0.3) is 0 Å². The first-order chi connectivity index (χ1) is 11.6. The second kappa shape index (κ2) is 9.06. The molecule has 3 N–H and O–H groups in total. The Morgan fingerprint density at radius 1 is 1.28 bits per heavy atom. The van der Waals surface area contributed by atoms with Crippen LogP contribution < -0.4 is 20.7 Å². The molecule has 6 nitrogen and oxygen atoms in total. The first kappa shape index (κ1) is 19.5. The second-order valence-electron chi connectivity index (χ2n) is 6.61. The predicted molar refractivity (Wildman–Crippen MR) is 99.1 cm³/mol. The van der Waals surface area contributed by atoms with Crippen LogP contribution in [0.3, 0.4) is 0 Å². The Kier molecular flexibility index (Phi) is 7.08. The number of halogens is 1. The van der Waals surface area contributed by atoms with Crippen molar-refractivity contribution in [2.24, 2.45) is 5.73 Å². The van der Waals surface area contributed by atoms with Crippen LogP contribution in [0, 0.1) is 0 Å². The molecule has 1 aromatic carbocycles. The van der Waals surface area contributed by atoms with Crippen LogP contribution in [0.15, 0.2) is 24.3 Å². The van der Waals surface area contributed by atoms with E-state index in [9.17, 15) is 9.59 Å². The van der Waals surface area contributed by atoms with E-state index in [1.54, 1.807) is 11.0 Å². The summed E-state index contributed by atoms with van der Waals surface area (Å²) in [4.78, 5) is 25.6. The first-order valence-corrected chi connectivity index (χ1v) is 8.70. The van der Waals surface area contributed by atoms with Crippen molar-refractivity contribution < 1.29 is 14.3 Å². The number of hydrogen-bond donors (Lipinski definition) is 2. The average Bonchev–Trinajstić information content (AvgIpc) is 3.01. The van der Waals surface area contributed by atoms with Crippen LogP contribution in [-0.4, -0.2) is 37.0 Å². The van der Waals surface area contributed by atoms with E-state index in [1.165, 1.54) is 0 Å². The summed E-state index contributed by atoms with van der Waals surface area (Å²) in [5, 5.41) is 3.00. The van der Waals surface area contributed by atoms with E-state index in [4.69, 9.17) is 10.5 Å². The summed E-state index contributed by atoms with van der Waals surface area (Å²) in [6, 6.07) is 7.82. The predicted octanol–water partition coefficient (Wildman–Crippen LogP) is 2.00. The number of nitrogens with zero attached hydrogens (tertiary/aromatic N) is 1. The summed E-state index contributed by atoms with van der Waals surface area (Å²) in [7, 11) is 0. The molecule has 2 aliphatic rings. The van der Waals surface area contributed by atoms with E-state index in [2.05, 4.69) is 5.32 Å². The topological polar surface area (TPSA) is 84.7 Å². The molecule has 0 spiro atoms. The molecule has 7 heteroatoms. The third kappa shape index (κ3) is 5.34. The molecule has 2 fully saturated rings. The Morgan fingerprint density at radius 3 is 2.72 bits per heavy atom. The van der Waals surface area contributed by atoms with E-state index < -0.39 is 0 Å². The van der Waals surface area contributed by atoms with Crippen LogP contribution in [-0.2, 0) is 9.59 Å². The molecule has 0 aromatic heterocycles. The number of rotatable bonds is 5. The average molecular weight is 368 g/mol. The fraction of sp³-hybridized carbons (Fsp3) is 0.556. The van der Waals surface area contributed by atoms with Gasteiger partial charge < -0.3 is 20.7 Å². The van der Waals surface area contributed by atoms with E-state index in [-0.39, 0.29) is 42.9 Å². The lowest BCUT2D eigenvalue weighted by molar-refractivity contribution is -0.124. The lowest BCUT2D eigenvalue weighted by Gasteiger charge is -2.26. The second-order valence-corrected chi connectivity index (χ2v) is 6.61. The van der Waals surface area contributed by atoms with Gasteiger partial charge in [0.15, 0.2) is 6.61 Å². The number of ether oxygens (including phenoxy) is 1. The Bertz CT molecular complexity index is 603. The van der Waals surface area contributed by atoms with Crippen LogP contribution in [0.5, 0.6) is 5.75 Å². The summed E-state index contributed by atoms with van der Waals surface area (Å²) in [6.07, 6.45) is 5.25. The summed E-state index contributed by atoms with van der Waals surface area (Å²) in [5.74, 6) is 0.631. The van der Waals surface area contributed by atoms with Gasteiger partial charge in [0, 0.05) is 36.8 Å². The molecule has 0 radical (unpaired) electrons. The summed E-state index contributed by atoms with van der Waals surface area (Å²) < 4.78 is 5.59. The Balaban J connectivity index is 0.00000225. The smallest absolute Gasteiger partial charge is 0.258 e. The highest BCUT2D eigenvalue weighted by atomic mass is 35.5. The SMILES string of the molecule is Cl.NC1CCC(NC(=O)COc2cccc(N3CCCC3=O)c2)CC1. The molecule has 1 aromatic rings. The van der Waals surface area contributed by atoms with Crippen molar-refractivity contribution in [3.05, 3.63) is 24.3 Å². The third-order valence-corrected chi connectivity index (χ3v) is 4.71. The fourth-order valence-electron chi connectivity index (χ4n) is 3.34. The molecule has 1 saturated carbocycles. The largest absolute Gasteiger partial charge is 0.484 e. The van der Waals surface area contributed by atoms with Gasteiger partial charge in [0.25, 0.3) is 5.91 Å². The highest BCUT2D eigenvalue weighted by Gasteiger charge is 2.22. The number of nitrogens with two attached hydrogens (primary N) is 1. The fourth-order valence-corrected chi connectivity index (χ4v) is 3.34. The minimum absolute atomic E-state index is 0. The van der Waals surface area contributed by atoms with Crippen molar-refractivity contribution in [2.75, 3.05) is 18.1 Å². The van der Waals surface area contributed by atoms with Gasteiger partial charge in [-0.25, -0.2) is 0 Å². The number of nitrogens with one attached hydrogen (secondary N) is 1. The minimum atomic E-state index is -0.113. The van der Waals surface area contributed by atoms with Crippen LogP contribution in [0.1, 0.15) is 38.5 Å². The molecule has 0 unspecified atom stereocenters. The van der Waals surface area contributed by atoms with Crippen LogP contribution >= 0.6 is 12.4 Å². The van der Waals surface area contributed by atoms with E-state index >= 15 is 0 Å². The monoisotopic (exact) mass is 367 g/mol. The van der Waals surface area contributed by atoms with Gasteiger partial charge in [-0.1, -0.05) is 6.07 Å². The standard InChI is InChI=1S/C18H25N3O3.ClH/c19-13-6-8-14(9-7-13)20-17(22)12-24-16-4-1-3-15(11-16)21-10-2-5-18(21)23;/h1,3-4,11,13-14H,2,5-10,12,19H2,(H,20,22);1H. The molecule has 3 rings (SSSR count). The van der Waals surface area contributed by atoms with Gasteiger partial charge in [-0.15, -0.1) is 12.4 Å². The molecule has 2 amide bonds. The zero-order chi connectivity index (χ0) is 16.9.